The van der Waals surface area contributed by atoms with Crippen molar-refractivity contribution in [2.75, 3.05) is 19.8 Å². The summed E-state index contributed by atoms with van der Waals surface area (Å²) < 4.78 is 5.44. The van der Waals surface area contributed by atoms with E-state index in [9.17, 15) is 9.59 Å². The summed E-state index contributed by atoms with van der Waals surface area (Å²) in [6.07, 6.45) is 2.55. The van der Waals surface area contributed by atoms with E-state index in [1.54, 1.807) is 18.2 Å². The van der Waals surface area contributed by atoms with Crippen LogP contribution in [0.3, 0.4) is 0 Å². The Labute approximate surface area is 151 Å². The van der Waals surface area contributed by atoms with Gasteiger partial charge in [-0.2, -0.15) is 0 Å². The molecule has 1 atom stereocenters. The van der Waals surface area contributed by atoms with Gasteiger partial charge in [0, 0.05) is 29.8 Å². The molecule has 2 saturated heterocycles. The van der Waals surface area contributed by atoms with E-state index in [2.05, 4.69) is 10.6 Å². The minimum atomic E-state index is -0.794. The number of hydrogen-bond acceptors (Lipinski definition) is 3. The van der Waals surface area contributed by atoms with Gasteiger partial charge in [-0.1, -0.05) is 29.3 Å². The molecular formula is C17H20Cl2N2O3. The molecule has 1 aromatic carbocycles. The van der Waals surface area contributed by atoms with Crippen LogP contribution < -0.4 is 10.6 Å². The Morgan fingerprint density at radius 1 is 1.29 bits per heavy atom. The van der Waals surface area contributed by atoms with E-state index in [0.29, 0.717) is 49.1 Å². The van der Waals surface area contributed by atoms with Crippen LogP contribution in [0, 0.1) is 0 Å². The maximum absolute atomic E-state index is 13.1. The second-order valence-corrected chi connectivity index (χ2v) is 7.12. The fourth-order valence-corrected chi connectivity index (χ4v) is 4.01. The molecule has 0 radical (unpaired) electrons. The Balaban J connectivity index is 1.90. The fourth-order valence-electron chi connectivity index (χ4n) is 3.42. The first-order chi connectivity index (χ1) is 11.5. The topological polar surface area (TPSA) is 67.4 Å². The Kier molecular flexibility index (Phi) is 5.33. The lowest BCUT2D eigenvalue weighted by Crippen LogP contribution is -2.56. The van der Waals surface area contributed by atoms with Gasteiger partial charge in [0.05, 0.1) is 5.41 Å². The van der Waals surface area contributed by atoms with Gasteiger partial charge < -0.3 is 15.4 Å². The summed E-state index contributed by atoms with van der Waals surface area (Å²) in [7, 11) is 0. The zero-order valence-electron chi connectivity index (χ0n) is 13.2. The van der Waals surface area contributed by atoms with Gasteiger partial charge in [-0.15, -0.1) is 0 Å². The highest BCUT2D eigenvalue weighted by Crippen LogP contribution is 2.40. The van der Waals surface area contributed by atoms with E-state index in [-0.39, 0.29) is 11.8 Å². The standard InChI is InChI=1S/C17H20Cl2N2O3/c18-11-3-4-12(13(19)10-11)17(5-8-24-9-6-17)16(23)21-14-2-1-7-20-15(14)22/h3-4,10,14H,1-2,5-9H2,(H,20,22)(H,21,23)/t14-/m1/s1. The highest BCUT2D eigenvalue weighted by Gasteiger charge is 2.44. The Hall–Kier alpha value is -1.30. The second-order valence-electron chi connectivity index (χ2n) is 6.28. The average molecular weight is 371 g/mol. The maximum atomic E-state index is 13.1. The van der Waals surface area contributed by atoms with Crippen molar-refractivity contribution in [1.29, 1.82) is 0 Å². The minimum Gasteiger partial charge on any atom is -0.381 e. The first-order valence-corrected chi connectivity index (χ1v) is 8.90. The van der Waals surface area contributed by atoms with Crippen LogP contribution in [0.5, 0.6) is 0 Å². The van der Waals surface area contributed by atoms with Crippen LogP contribution in [-0.2, 0) is 19.7 Å². The van der Waals surface area contributed by atoms with E-state index in [0.717, 1.165) is 12.0 Å². The lowest BCUT2D eigenvalue weighted by atomic mass is 9.73. The summed E-state index contributed by atoms with van der Waals surface area (Å²) in [5.41, 5.74) is -0.0527. The van der Waals surface area contributed by atoms with E-state index < -0.39 is 11.5 Å². The van der Waals surface area contributed by atoms with E-state index in [1.165, 1.54) is 0 Å². The third-order valence-electron chi connectivity index (χ3n) is 4.82. The molecule has 2 aliphatic rings. The molecule has 0 aliphatic carbocycles. The lowest BCUT2D eigenvalue weighted by molar-refractivity contribution is -0.135. The molecule has 0 unspecified atom stereocenters. The van der Waals surface area contributed by atoms with Gasteiger partial charge in [0.25, 0.3) is 0 Å². The first-order valence-electron chi connectivity index (χ1n) is 8.15. The second kappa shape index (κ2) is 7.30. The molecule has 0 saturated carbocycles. The molecule has 2 aliphatic heterocycles. The molecule has 3 rings (SSSR count). The van der Waals surface area contributed by atoms with Crippen LogP contribution in [-0.4, -0.2) is 37.6 Å². The van der Waals surface area contributed by atoms with Crippen molar-refractivity contribution < 1.29 is 14.3 Å². The number of carbonyl (C=O) groups is 2. The average Bonchev–Trinajstić information content (AvgIpc) is 2.57. The summed E-state index contributed by atoms with van der Waals surface area (Å²) in [6, 6.07) is 4.70. The highest BCUT2D eigenvalue weighted by atomic mass is 35.5. The van der Waals surface area contributed by atoms with Crippen LogP contribution >= 0.6 is 23.2 Å². The van der Waals surface area contributed by atoms with Crippen LogP contribution in [0.25, 0.3) is 0 Å². The molecule has 130 valence electrons. The summed E-state index contributed by atoms with van der Waals surface area (Å²) in [5, 5.41) is 6.70. The van der Waals surface area contributed by atoms with Crippen LogP contribution in [0.1, 0.15) is 31.2 Å². The van der Waals surface area contributed by atoms with Gasteiger partial charge in [0.1, 0.15) is 6.04 Å². The zero-order chi connectivity index (χ0) is 17.2. The van der Waals surface area contributed by atoms with E-state index in [1.807, 2.05) is 0 Å². The number of carbonyl (C=O) groups excluding carboxylic acids is 2. The lowest BCUT2D eigenvalue weighted by Gasteiger charge is -2.38. The molecule has 2 amide bonds. The van der Waals surface area contributed by atoms with Gasteiger partial charge in [-0.3, -0.25) is 9.59 Å². The predicted molar refractivity (Wildman–Crippen MR) is 92.4 cm³/mol. The van der Waals surface area contributed by atoms with Crippen molar-refractivity contribution in [3.05, 3.63) is 33.8 Å². The van der Waals surface area contributed by atoms with Crippen molar-refractivity contribution >= 4 is 35.0 Å². The van der Waals surface area contributed by atoms with E-state index in [4.69, 9.17) is 27.9 Å². The smallest absolute Gasteiger partial charge is 0.242 e. The van der Waals surface area contributed by atoms with Crippen molar-refractivity contribution in [3.8, 4) is 0 Å². The number of rotatable bonds is 3. The fraction of sp³-hybridized carbons (Fsp3) is 0.529. The Morgan fingerprint density at radius 2 is 2.04 bits per heavy atom. The van der Waals surface area contributed by atoms with Gasteiger partial charge >= 0.3 is 0 Å². The molecule has 0 bridgehead atoms. The number of ether oxygens (including phenoxy) is 1. The molecular weight excluding hydrogens is 351 g/mol. The molecule has 0 spiro atoms. The van der Waals surface area contributed by atoms with Gasteiger partial charge in [0.2, 0.25) is 11.8 Å². The SMILES string of the molecule is O=C1NCCC[C@H]1NC(=O)C1(c2ccc(Cl)cc2Cl)CCOCC1. The number of halogens is 2. The van der Waals surface area contributed by atoms with Crippen molar-refractivity contribution in [3.63, 3.8) is 0 Å². The maximum Gasteiger partial charge on any atom is 0.242 e. The molecule has 5 nitrogen and oxygen atoms in total. The molecule has 2 fully saturated rings. The van der Waals surface area contributed by atoms with Crippen molar-refractivity contribution in [1.82, 2.24) is 10.6 Å². The van der Waals surface area contributed by atoms with Gasteiger partial charge in [-0.05, 0) is 43.4 Å². The number of piperidine rings is 1. The summed E-state index contributed by atoms with van der Waals surface area (Å²) >= 11 is 12.4. The monoisotopic (exact) mass is 370 g/mol. The quantitative estimate of drug-likeness (QED) is 0.858. The van der Waals surface area contributed by atoms with Crippen molar-refractivity contribution in [2.24, 2.45) is 0 Å². The van der Waals surface area contributed by atoms with Crippen LogP contribution in [0.4, 0.5) is 0 Å². The molecule has 1 aromatic rings. The predicted octanol–water partition coefficient (Wildman–Crippen LogP) is 2.44. The molecule has 2 heterocycles. The third kappa shape index (κ3) is 3.39. The first kappa shape index (κ1) is 17.5. The van der Waals surface area contributed by atoms with Gasteiger partial charge in [0.15, 0.2) is 0 Å². The molecule has 7 heteroatoms. The van der Waals surface area contributed by atoms with Crippen molar-refractivity contribution in [2.45, 2.75) is 37.1 Å². The van der Waals surface area contributed by atoms with E-state index >= 15 is 0 Å². The molecule has 2 N–H and O–H groups in total. The summed E-state index contributed by atoms with van der Waals surface area (Å²) in [4.78, 5) is 25.1. The molecule has 24 heavy (non-hydrogen) atoms. The Bertz CT molecular complexity index is 645. The zero-order valence-corrected chi connectivity index (χ0v) is 14.8. The minimum absolute atomic E-state index is 0.126. The Morgan fingerprint density at radius 3 is 2.71 bits per heavy atom. The highest BCUT2D eigenvalue weighted by molar-refractivity contribution is 6.35. The molecule has 0 aromatic heterocycles. The third-order valence-corrected chi connectivity index (χ3v) is 5.37. The van der Waals surface area contributed by atoms with Gasteiger partial charge in [-0.25, -0.2) is 0 Å². The summed E-state index contributed by atoms with van der Waals surface area (Å²) in [5.74, 6) is -0.295. The number of benzene rings is 1. The largest absolute Gasteiger partial charge is 0.381 e. The number of amides is 2. The van der Waals surface area contributed by atoms with Crippen LogP contribution in [0.2, 0.25) is 10.0 Å². The summed E-state index contributed by atoms with van der Waals surface area (Å²) in [6.45, 7) is 1.61. The van der Waals surface area contributed by atoms with Crippen LogP contribution in [0.15, 0.2) is 18.2 Å². The normalized spacial score (nSPS) is 23.4. The number of nitrogens with one attached hydrogen (secondary N) is 2. The number of hydrogen-bond donors (Lipinski definition) is 2.